The Morgan fingerprint density at radius 3 is 1.73 bits per heavy atom. The number of nitrogens with one attached hydrogen (secondary N) is 2. The average molecular weight is 490 g/mol. The number of nitrogens with two attached hydrogens (primary N) is 3. The first kappa shape index (κ1) is 33.4. The van der Waals surface area contributed by atoms with Crippen molar-refractivity contribution < 1.29 is 29.4 Å². The molecule has 0 fully saturated rings. The molecule has 0 radical (unpaired) electrons. The zero-order valence-electron chi connectivity index (χ0n) is 16.8. The van der Waals surface area contributed by atoms with Gasteiger partial charge < -0.3 is 38.0 Å². The second kappa shape index (κ2) is 24.1. The molecular weight excluding hydrogens is 454 g/mol. The van der Waals surface area contributed by atoms with Crippen molar-refractivity contribution in [2.24, 2.45) is 17.2 Å². The van der Waals surface area contributed by atoms with Gasteiger partial charge in [0, 0.05) is 12.2 Å². The van der Waals surface area contributed by atoms with Gasteiger partial charge in [0.1, 0.15) is 18.6 Å². The number of hydrogen-bond donors (Lipinski definition) is 10. The molecule has 0 saturated carbocycles. The second-order valence-electron chi connectivity index (χ2n) is 5.63. The molecule has 0 aromatic heterocycles. The molecule has 0 aromatic carbocycles. The van der Waals surface area contributed by atoms with Crippen molar-refractivity contribution in [3.8, 4) is 0 Å². The monoisotopic (exact) mass is 489 g/mol. The van der Waals surface area contributed by atoms with Crippen LogP contribution in [0.15, 0.2) is 0 Å². The number of rotatable bonds is 13. The van der Waals surface area contributed by atoms with Gasteiger partial charge in [-0.15, -0.1) is 0 Å². The van der Waals surface area contributed by atoms with Crippen LogP contribution in [0.5, 0.6) is 0 Å². The van der Waals surface area contributed by atoms with Crippen LogP contribution in [0, 0.1) is 0 Å². The number of amides is 2. The van der Waals surface area contributed by atoms with E-state index in [-0.39, 0.29) is 18.6 Å². The van der Waals surface area contributed by atoms with Gasteiger partial charge in [-0.3, -0.25) is 19.2 Å². The van der Waals surface area contributed by atoms with E-state index in [1.54, 1.807) is 0 Å². The Morgan fingerprint density at radius 2 is 1.43 bits per heavy atom. The van der Waals surface area contributed by atoms with E-state index in [4.69, 9.17) is 27.4 Å². The minimum Gasteiger partial charge on any atom is -0.480 e. The van der Waals surface area contributed by atoms with Crippen molar-refractivity contribution in [3.63, 3.8) is 0 Å². The Hall–Kier alpha value is -1.19. The fraction of sp³-hybridized carbons (Fsp3) is 0.750. The standard InChI is InChI=1S/C10H17N3O6S.2C3H9NS/c11-5(10(18)19)1-2-7(14)13-6(4-20)9(17)12-3-8(15)16;2*4-2-1-3-5/h5-6,20H,1-4,11H2,(H,12,17)(H,13,14)(H,15,16)(H,18,19);2*5H,1-4H2/t5-,6-;;/m0../s1. The quantitative estimate of drug-likeness (QED) is 0.134. The maximum Gasteiger partial charge on any atom is 0.322 e. The molecule has 2 atom stereocenters. The van der Waals surface area contributed by atoms with Crippen molar-refractivity contribution in [1.29, 1.82) is 0 Å². The van der Waals surface area contributed by atoms with E-state index in [0.29, 0.717) is 0 Å². The number of carboxylic acids is 2. The summed E-state index contributed by atoms with van der Waals surface area (Å²) in [4.78, 5) is 43.7. The van der Waals surface area contributed by atoms with Gasteiger partial charge in [-0.05, 0) is 43.9 Å². The lowest BCUT2D eigenvalue weighted by molar-refractivity contribution is -0.139. The van der Waals surface area contributed by atoms with Crippen molar-refractivity contribution in [2.45, 2.75) is 37.8 Å². The molecule has 11 nitrogen and oxygen atoms in total. The fourth-order valence-electron chi connectivity index (χ4n) is 1.34. The van der Waals surface area contributed by atoms with Crippen LogP contribution < -0.4 is 27.8 Å². The normalized spacial score (nSPS) is 11.5. The molecule has 2 amide bonds. The summed E-state index contributed by atoms with van der Waals surface area (Å²) in [5.74, 6) is -1.88. The third-order valence-corrected chi connectivity index (χ3v) is 3.97. The third kappa shape index (κ3) is 24.8. The van der Waals surface area contributed by atoms with Gasteiger partial charge in [-0.1, -0.05) is 0 Å². The van der Waals surface area contributed by atoms with Crippen LogP contribution in [-0.4, -0.2) is 82.9 Å². The van der Waals surface area contributed by atoms with E-state index in [1.165, 1.54) is 0 Å². The minimum absolute atomic E-state index is 0.0256. The summed E-state index contributed by atoms with van der Waals surface area (Å²) in [5, 5.41) is 21.4. The third-order valence-electron chi connectivity index (χ3n) is 2.97. The first-order valence-corrected chi connectivity index (χ1v) is 11.0. The molecule has 0 saturated heterocycles. The highest BCUT2D eigenvalue weighted by molar-refractivity contribution is 7.80. The molecule has 0 unspecified atom stereocenters. The van der Waals surface area contributed by atoms with Crippen LogP contribution in [0.4, 0.5) is 0 Å². The van der Waals surface area contributed by atoms with Crippen molar-refractivity contribution in [1.82, 2.24) is 10.6 Å². The molecule has 0 aromatic rings. The van der Waals surface area contributed by atoms with E-state index >= 15 is 0 Å². The zero-order valence-corrected chi connectivity index (χ0v) is 19.5. The van der Waals surface area contributed by atoms with Gasteiger partial charge in [0.2, 0.25) is 11.8 Å². The Bertz CT molecular complexity index is 478. The molecule has 178 valence electrons. The number of hydrogen-bond acceptors (Lipinski definition) is 10. The first-order chi connectivity index (χ1) is 14.1. The summed E-state index contributed by atoms with van der Waals surface area (Å²) < 4.78 is 0. The second-order valence-corrected chi connectivity index (χ2v) is 6.89. The van der Waals surface area contributed by atoms with Gasteiger partial charge in [-0.2, -0.15) is 37.9 Å². The van der Waals surface area contributed by atoms with Crippen molar-refractivity contribution in [3.05, 3.63) is 0 Å². The fourth-order valence-corrected chi connectivity index (χ4v) is 1.96. The Balaban J connectivity index is -0.000000599. The Labute approximate surface area is 193 Å². The van der Waals surface area contributed by atoms with Gasteiger partial charge in [0.05, 0.1) is 0 Å². The van der Waals surface area contributed by atoms with Gasteiger partial charge >= 0.3 is 11.9 Å². The number of carbonyl (C=O) groups excluding carboxylic acids is 2. The first-order valence-electron chi connectivity index (χ1n) is 9.11. The lowest BCUT2D eigenvalue weighted by Gasteiger charge is -2.16. The maximum atomic E-state index is 11.5. The molecular formula is C16H35N5O6S3. The van der Waals surface area contributed by atoms with Gasteiger partial charge in [0.15, 0.2) is 0 Å². The van der Waals surface area contributed by atoms with Gasteiger partial charge in [0.25, 0.3) is 0 Å². The molecule has 0 heterocycles. The van der Waals surface area contributed by atoms with Crippen LogP contribution in [0.3, 0.4) is 0 Å². The summed E-state index contributed by atoms with van der Waals surface area (Å²) >= 11 is 11.7. The molecule has 0 aliphatic rings. The van der Waals surface area contributed by atoms with Crippen LogP contribution >= 0.6 is 37.9 Å². The SMILES string of the molecule is NCCCS.NCCCS.N[C@@H](CCC(=O)N[C@@H](CS)C(=O)NCC(=O)O)C(=O)O. The van der Waals surface area contributed by atoms with Crippen molar-refractivity contribution in [2.75, 3.05) is 36.9 Å². The van der Waals surface area contributed by atoms with Crippen LogP contribution in [0.2, 0.25) is 0 Å². The van der Waals surface area contributed by atoms with Crippen LogP contribution in [-0.2, 0) is 19.2 Å². The van der Waals surface area contributed by atoms with Crippen LogP contribution in [0.25, 0.3) is 0 Å². The molecule has 0 spiro atoms. The summed E-state index contributed by atoms with van der Waals surface area (Å²) in [6.07, 6.45) is 1.83. The van der Waals surface area contributed by atoms with E-state index in [0.717, 1.165) is 37.4 Å². The molecule has 14 heteroatoms. The highest BCUT2D eigenvalue weighted by Gasteiger charge is 2.20. The average Bonchev–Trinajstić information content (AvgIpc) is 2.70. The summed E-state index contributed by atoms with van der Waals surface area (Å²) in [5.41, 5.74) is 15.4. The molecule has 0 bridgehead atoms. The van der Waals surface area contributed by atoms with E-state index in [9.17, 15) is 19.2 Å². The van der Waals surface area contributed by atoms with E-state index in [2.05, 4.69) is 48.5 Å². The highest BCUT2D eigenvalue weighted by atomic mass is 32.1. The smallest absolute Gasteiger partial charge is 0.322 e. The predicted molar refractivity (Wildman–Crippen MR) is 126 cm³/mol. The largest absolute Gasteiger partial charge is 0.480 e. The lowest BCUT2D eigenvalue weighted by atomic mass is 10.1. The van der Waals surface area contributed by atoms with Crippen LogP contribution in [0.1, 0.15) is 25.7 Å². The van der Waals surface area contributed by atoms with E-state index < -0.39 is 42.4 Å². The molecule has 0 aliphatic heterocycles. The maximum absolute atomic E-state index is 11.5. The zero-order chi connectivity index (χ0) is 23.9. The topological polar surface area (TPSA) is 211 Å². The predicted octanol–water partition coefficient (Wildman–Crippen LogP) is -1.68. The number of thiol groups is 3. The Kier molecular flexibility index (Phi) is 26.9. The lowest BCUT2D eigenvalue weighted by Crippen LogP contribution is -2.49. The number of aliphatic carboxylic acids is 2. The van der Waals surface area contributed by atoms with Gasteiger partial charge in [-0.25, -0.2) is 0 Å². The summed E-state index contributed by atoms with van der Waals surface area (Å²) in [6.45, 7) is 0.968. The van der Waals surface area contributed by atoms with E-state index in [1.807, 2.05) is 0 Å². The molecule has 0 rings (SSSR count). The highest BCUT2D eigenvalue weighted by Crippen LogP contribution is 1.97. The number of carbonyl (C=O) groups is 4. The molecule has 0 aliphatic carbocycles. The molecule has 30 heavy (non-hydrogen) atoms. The summed E-state index contributed by atoms with van der Waals surface area (Å²) in [7, 11) is 0. The molecule has 10 N–H and O–H groups in total. The number of carboxylic acid groups (broad SMARTS) is 2. The Morgan fingerprint density at radius 1 is 0.933 bits per heavy atom. The summed E-state index contributed by atoms with van der Waals surface area (Å²) in [6, 6.07) is -2.15. The minimum atomic E-state index is -1.22. The van der Waals surface area contributed by atoms with Crippen molar-refractivity contribution >= 4 is 61.6 Å².